The first-order valence-corrected chi connectivity index (χ1v) is 4.59. The fourth-order valence-corrected chi connectivity index (χ4v) is 0. The lowest BCUT2D eigenvalue weighted by Gasteiger charge is -2.15. The van der Waals surface area contributed by atoms with Crippen molar-refractivity contribution in [3.05, 3.63) is 0 Å². The molecule has 0 heterocycles. The first-order chi connectivity index (χ1) is 2.94. The highest BCUT2D eigenvalue weighted by molar-refractivity contribution is 8.00. The van der Waals surface area contributed by atoms with Crippen molar-refractivity contribution >= 4 is 10.1 Å². The zero-order valence-corrected chi connectivity index (χ0v) is 5.90. The molecular weight excluding hydrogens is 110 g/mol. The monoisotopic (exact) mass is 123 g/mol. The molecule has 0 aliphatic heterocycles. The third-order valence-corrected chi connectivity index (χ3v) is 3.08. The van der Waals surface area contributed by atoms with E-state index in [-0.39, 0.29) is 5.25 Å². The first kappa shape index (κ1) is 7.11. The van der Waals surface area contributed by atoms with Crippen LogP contribution in [0.4, 0.5) is 0 Å². The molecule has 0 saturated carbocycles. The van der Waals surface area contributed by atoms with Gasteiger partial charge in [0.25, 0.3) is 0 Å². The average Bonchev–Trinajstić information content (AvgIpc) is 1.31. The van der Waals surface area contributed by atoms with Gasteiger partial charge in [-0.05, 0) is 0 Å². The average molecular weight is 123 g/mol. The topological polar surface area (TPSA) is 43.1 Å². The molecule has 0 radical (unpaired) electrons. The van der Waals surface area contributed by atoms with Crippen molar-refractivity contribution in [1.82, 2.24) is 0 Å². The molecule has 0 spiro atoms. The van der Waals surface area contributed by atoms with Gasteiger partial charge in [0, 0.05) is 11.5 Å². The molecule has 46 valence electrons. The summed E-state index contributed by atoms with van der Waals surface area (Å²) in [7, 11) is -2.24. The third-order valence-electron chi connectivity index (χ3n) is 1.03. The molecule has 0 rings (SSSR count). The molecular formula is C4H13NOS. The summed E-state index contributed by atoms with van der Waals surface area (Å²) in [5.41, 5.74) is 0. The Morgan fingerprint density at radius 2 is 1.71 bits per heavy atom. The largest absolute Gasteiger partial charge is 0.274 e. The van der Waals surface area contributed by atoms with Crippen LogP contribution >= 0.6 is 0 Å². The summed E-state index contributed by atoms with van der Waals surface area (Å²) >= 11 is 0. The van der Waals surface area contributed by atoms with Crippen molar-refractivity contribution in [3.8, 4) is 0 Å². The van der Waals surface area contributed by atoms with Gasteiger partial charge < -0.3 is 0 Å². The Kier molecular flexibility index (Phi) is 1.95. The minimum absolute atomic E-state index is 0.132. The number of hydrogen-bond acceptors (Lipinski definition) is 1. The molecule has 2 N–H and O–H groups in total. The van der Waals surface area contributed by atoms with Crippen LogP contribution in [0.2, 0.25) is 0 Å². The normalized spacial score (nSPS) is 15.0. The molecule has 7 heavy (non-hydrogen) atoms. The maximum absolute atomic E-state index is 10.7. The summed E-state index contributed by atoms with van der Waals surface area (Å²) in [6.45, 7) is 3.72. The van der Waals surface area contributed by atoms with E-state index in [1.54, 1.807) is 6.26 Å². The van der Waals surface area contributed by atoms with Crippen molar-refractivity contribution in [1.29, 1.82) is 0 Å². The van der Waals surface area contributed by atoms with E-state index in [1.165, 1.54) is 0 Å². The highest BCUT2D eigenvalue weighted by Crippen LogP contribution is 1.96. The zero-order chi connectivity index (χ0) is 6.08. The van der Waals surface area contributed by atoms with Gasteiger partial charge in [-0.2, -0.15) is 0 Å². The Hall–Kier alpha value is 0.110. The predicted octanol–water partition coefficient (Wildman–Crippen LogP) is -0.0850. The van der Waals surface area contributed by atoms with Crippen LogP contribution in [-0.2, 0) is 10.1 Å². The SMILES string of the molecule is CC(C)[SH](C)(N)=O. The molecule has 0 aromatic carbocycles. The van der Waals surface area contributed by atoms with Gasteiger partial charge in [0.1, 0.15) is 0 Å². The number of nitrogens with two attached hydrogens (primary N) is 1. The first-order valence-electron chi connectivity index (χ1n) is 2.30. The van der Waals surface area contributed by atoms with Crippen LogP contribution in [0, 0.1) is 0 Å². The highest BCUT2D eigenvalue weighted by atomic mass is 32.3. The van der Waals surface area contributed by atoms with Crippen molar-refractivity contribution in [2.45, 2.75) is 19.1 Å². The summed E-state index contributed by atoms with van der Waals surface area (Å²) in [6.07, 6.45) is 1.59. The quantitative estimate of drug-likeness (QED) is 0.470. The van der Waals surface area contributed by atoms with Gasteiger partial charge >= 0.3 is 0 Å². The molecule has 0 unspecified atom stereocenters. The van der Waals surface area contributed by atoms with Gasteiger partial charge in [-0.25, -0.2) is 0 Å². The molecule has 2 nitrogen and oxygen atoms in total. The van der Waals surface area contributed by atoms with Crippen LogP contribution in [0.25, 0.3) is 0 Å². The van der Waals surface area contributed by atoms with Gasteiger partial charge in [-0.3, -0.25) is 9.35 Å². The molecule has 3 heteroatoms. The van der Waals surface area contributed by atoms with Crippen LogP contribution in [0.3, 0.4) is 0 Å². The molecule has 0 amide bonds. The van der Waals surface area contributed by atoms with E-state index < -0.39 is 10.1 Å². The van der Waals surface area contributed by atoms with Crippen molar-refractivity contribution in [2.24, 2.45) is 5.14 Å². The fourth-order valence-electron chi connectivity index (χ4n) is 0. The van der Waals surface area contributed by atoms with Gasteiger partial charge in [0.05, 0.1) is 0 Å². The lowest BCUT2D eigenvalue weighted by atomic mass is 10.6. The van der Waals surface area contributed by atoms with Crippen molar-refractivity contribution in [3.63, 3.8) is 0 Å². The van der Waals surface area contributed by atoms with Crippen molar-refractivity contribution < 1.29 is 4.21 Å². The number of hydrogen-bond donors (Lipinski definition) is 2. The third kappa shape index (κ3) is 2.76. The molecule has 0 saturated heterocycles. The van der Waals surface area contributed by atoms with Crippen LogP contribution in [0.5, 0.6) is 0 Å². The van der Waals surface area contributed by atoms with Crippen molar-refractivity contribution in [2.75, 3.05) is 6.26 Å². The van der Waals surface area contributed by atoms with Crippen LogP contribution in [-0.4, -0.2) is 15.7 Å². The Labute approximate surface area is 45.7 Å². The number of rotatable bonds is 1. The van der Waals surface area contributed by atoms with Crippen LogP contribution < -0.4 is 5.14 Å². The second-order valence-corrected chi connectivity index (χ2v) is 5.30. The van der Waals surface area contributed by atoms with Gasteiger partial charge in [-0.15, -0.1) is 0 Å². The lowest BCUT2D eigenvalue weighted by Crippen LogP contribution is -2.30. The Morgan fingerprint density at radius 3 is 1.71 bits per heavy atom. The second-order valence-electron chi connectivity index (χ2n) is 2.15. The van der Waals surface area contributed by atoms with Gasteiger partial charge in [-0.1, -0.05) is 24.0 Å². The molecule has 0 aliphatic carbocycles. The molecule has 0 aromatic heterocycles. The predicted molar refractivity (Wildman–Crippen MR) is 34.8 cm³/mol. The molecule has 0 aromatic rings. The maximum atomic E-state index is 10.7. The van der Waals surface area contributed by atoms with Gasteiger partial charge in [0.2, 0.25) is 0 Å². The summed E-state index contributed by atoms with van der Waals surface area (Å²) in [5.74, 6) is 0. The van der Waals surface area contributed by atoms with E-state index in [1.807, 2.05) is 13.8 Å². The Balaban J connectivity index is 3.80. The minimum Gasteiger partial charge on any atom is -0.274 e. The van der Waals surface area contributed by atoms with E-state index in [2.05, 4.69) is 0 Å². The fraction of sp³-hybridized carbons (Fsp3) is 1.00. The van der Waals surface area contributed by atoms with Gasteiger partial charge in [0.15, 0.2) is 0 Å². The lowest BCUT2D eigenvalue weighted by molar-refractivity contribution is 0.668. The number of thiol groups is 1. The maximum Gasteiger partial charge on any atom is 0.0180 e. The van der Waals surface area contributed by atoms with E-state index in [0.717, 1.165) is 0 Å². The molecule has 0 aliphatic rings. The summed E-state index contributed by atoms with van der Waals surface area (Å²) < 4.78 is 10.7. The highest BCUT2D eigenvalue weighted by Gasteiger charge is 2.03. The van der Waals surface area contributed by atoms with Crippen LogP contribution in [0.15, 0.2) is 0 Å². The molecule has 0 atom stereocenters. The van der Waals surface area contributed by atoms with Crippen LogP contribution in [0.1, 0.15) is 13.8 Å². The summed E-state index contributed by atoms with van der Waals surface area (Å²) in [6, 6.07) is 0. The summed E-state index contributed by atoms with van der Waals surface area (Å²) in [5, 5.41) is 5.37. The Morgan fingerprint density at radius 1 is 1.57 bits per heavy atom. The minimum atomic E-state index is -2.24. The smallest absolute Gasteiger partial charge is 0.0180 e. The second kappa shape index (κ2) is 1.92. The molecule has 0 fully saturated rings. The summed E-state index contributed by atoms with van der Waals surface area (Å²) in [4.78, 5) is 0. The van der Waals surface area contributed by atoms with E-state index in [9.17, 15) is 4.21 Å². The molecule has 0 bridgehead atoms. The van der Waals surface area contributed by atoms with E-state index >= 15 is 0 Å². The zero-order valence-electron chi connectivity index (χ0n) is 5.01. The van der Waals surface area contributed by atoms with E-state index in [0.29, 0.717) is 0 Å². The Bertz CT molecular complexity index is 93.9. The van der Waals surface area contributed by atoms with E-state index in [4.69, 9.17) is 5.14 Å². The standard InChI is InChI=1S/C4H13NOS/c1-4(2)7(3,5)6/h4,7H,1-3H3,(H2,5,6).